The molecule has 6 nitrogen and oxygen atoms in total. The number of carbonyl (C=O) groups is 1. The fourth-order valence-electron chi connectivity index (χ4n) is 1.44. The number of aliphatic hydroxyl groups is 3. The zero-order valence-corrected chi connectivity index (χ0v) is 9.41. The van der Waals surface area contributed by atoms with Gasteiger partial charge in [0, 0.05) is 24.6 Å². The number of hydrogen-bond donors (Lipinski definition) is 3. The molecule has 1 heterocycles. The molecule has 1 aromatic rings. The molecule has 0 radical (unpaired) electrons. The van der Waals surface area contributed by atoms with Crippen molar-refractivity contribution in [3.8, 4) is 0 Å². The smallest absolute Gasteiger partial charge is 0.338 e. The third-order valence-corrected chi connectivity index (χ3v) is 2.37. The maximum absolute atomic E-state index is 11.4. The predicted octanol–water partition coefficient (Wildman–Crippen LogP) is -0.355. The van der Waals surface area contributed by atoms with E-state index in [4.69, 9.17) is 5.11 Å². The predicted molar refractivity (Wildman–Crippen MR) is 58.2 cm³/mol. The van der Waals surface area contributed by atoms with E-state index >= 15 is 0 Å². The van der Waals surface area contributed by atoms with Crippen molar-refractivity contribution in [3.63, 3.8) is 0 Å². The van der Waals surface area contributed by atoms with E-state index in [1.807, 2.05) is 0 Å². The second-order valence-electron chi connectivity index (χ2n) is 3.48. The van der Waals surface area contributed by atoms with Gasteiger partial charge in [0.05, 0.1) is 18.8 Å². The van der Waals surface area contributed by atoms with Gasteiger partial charge in [0.2, 0.25) is 0 Å². The summed E-state index contributed by atoms with van der Waals surface area (Å²) in [6, 6.07) is 1.40. The summed E-state index contributed by atoms with van der Waals surface area (Å²) in [6.07, 6.45) is 0.243. The lowest BCUT2D eigenvalue weighted by atomic mass is 9.99. The van der Waals surface area contributed by atoms with Crippen molar-refractivity contribution < 1.29 is 24.9 Å². The number of carbonyl (C=O) groups excluding carboxylic acids is 1. The molecule has 0 saturated carbocycles. The molecule has 2 unspecified atom stereocenters. The number of ether oxygens (including phenoxy) is 1. The first-order valence-corrected chi connectivity index (χ1v) is 5.11. The SMILES string of the molecule is COC(=O)c1ccncc1C(O)C(O)CCO. The van der Waals surface area contributed by atoms with Crippen LogP contribution in [-0.4, -0.2) is 46.1 Å². The van der Waals surface area contributed by atoms with Gasteiger partial charge >= 0.3 is 5.97 Å². The standard InChI is InChI=1S/C11H15NO5/c1-17-11(16)7-2-4-12-6-8(7)10(15)9(14)3-5-13/h2,4,6,9-10,13-15H,3,5H2,1H3. The molecule has 0 aromatic carbocycles. The molecule has 0 aliphatic carbocycles. The van der Waals surface area contributed by atoms with Crippen molar-refractivity contribution in [2.24, 2.45) is 0 Å². The van der Waals surface area contributed by atoms with Crippen LogP contribution in [0.25, 0.3) is 0 Å². The van der Waals surface area contributed by atoms with Crippen molar-refractivity contribution in [1.82, 2.24) is 4.98 Å². The Kier molecular flexibility index (Phi) is 5.02. The van der Waals surface area contributed by atoms with E-state index in [2.05, 4.69) is 9.72 Å². The highest BCUT2D eigenvalue weighted by molar-refractivity contribution is 5.90. The van der Waals surface area contributed by atoms with E-state index in [1.165, 1.54) is 25.6 Å². The zero-order chi connectivity index (χ0) is 12.8. The third kappa shape index (κ3) is 3.23. The van der Waals surface area contributed by atoms with Crippen LogP contribution in [0.4, 0.5) is 0 Å². The van der Waals surface area contributed by atoms with Gasteiger partial charge in [-0.3, -0.25) is 4.98 Å². The highest BCUT2D eigenvalue weighted by Gasteiger charge is 2.23. The number of methoxy groups -OCH3 is 1. The summed E-state index contributed by atoms with van der Waals surface area (Å²) in [7, 11) is 1.23. The van der Waals surface area contributed by atoms with Crippen molar-refractivity contribution >= 4 is 5.97 Å². The van der Waals surface area contributed by atoms with E-state index in [9.17, 15) is 15.0 Å². The van der Waals surface area contributed by atoms with Crippen LogP contribution < -0.4 is 0 Å². The average molecular weight is 241 g/mol. The summed E-state index contributed by atoms with van der Waals surface area (Å²) in [4.78, 5) is 15.2. The molecule has 0 amide bonds. The summed E-state index contributed by atoms with van der Waals surface area (Å²) >= 11 is 0. The minimum atomic E-state index is -1.29. The lowest BCUT2D eigenvalue weighted by molar-refractivity contribution is 0.00316. The number of aromatic nitrogens is 1. The van der Waals surface area contributed by atoms with Crippen LogP contribution in [0.15, 0.2) is 18.5 Å². The first kappa shape index (κ1) is 13.6. The van der Waals surface area contributed by atoms with Crippen LogP contribution >= 0.6 is 0 Å². The molecule has 1 aromatic heterocycles. The van der Waals surface area contributed by atoms with E-state index in [0.717, 1.165) is 0 Å². The molecule has 0 saturated heterocycles. The van der Waals surface area contributed by atoms with E-state index in [0.29, 0.717) is 0 Å². The van der Waals surface area contributed by atoms with Gasteiger partial charge in [-0.15, -0.1) is 0 Å². The van der Waals surface area contributed by atoms with Crippen molar-refractivity contribution in [3.05, 3.63) is 29.6 Å². The molecule has 0 aliphatic rings. The lowest BCUT2D eigenvalue weighted by Gasteiger charge is -2.18. The van der Waals surface area contributed by atoms with E-state index in [-0.39, 0.29) is 24.2 Å². The summed E-state index contributed by atoms with van der Waals surface area (Å²) in [5, 5.41) is 28.1. The van der Waals surface area contributed by atoms with Crippen molar-refractivity contribution in [2.45, 2.75) is 18.6 Å². The fourth-order valence-corrected chi connectivity index (χ4v) is 1.44. The highest BCUT2D eigenvalue weighted by Crippen LogP contribution is 2.22. The van der Waals surface area contributed by atoms with Gasteiger partial charge in [-0.2, -0.15) is 0 Å². The number of rotatable bonds is 5. The summed E-state index contributed by atoms with van der Waals surface area (Å²) in [5.74, 6) is -0.613. The fraction of sp³-hybridized carbons (Fsp3) is 0.455. The van der Waals surface area contributed by atoms with Crippen molar-refractivity contribution in [1.29, 1.82) is 0 Å². The first-order chi connectivity index (χ1) is 8.11. The van der Waals surface area contributed by atoms with Crippen LogP contribution in [0.2, 0.25) is 0 Å². The molecule has 3 N–H and O–H groups in total. The van der Waals surface area contributed by atoms with E-state index in [1.54, 1.807) is 0 Å². The average Bonchev–Trinajstić information content (AvgIpc) is 2.37. The molecular weight excluding hydrogens is 226 g/mol. The molecule has 2 atom stereocenters. The Hall–Kier alpha value is -1.50. The normalized spacial score (nSPS) is 14.1. The molecule has 0 aliphatic heterocycles. The van der Waals surface area contributed by atoms with Gasteiger partial charge in [0.25, 0.3) is 0 Å². The molecule has 1 rings (SSSR count). The second-order valence-corrected chi connectivity index (χ2v) is 3.48. The van der Waals surface area contributed by atoms with Crippen molar-refractivity contribution in [2.75, 3.05) is 13.7 Å². The molecule has 0 spiro atoms. The highest BCUT2D eigenvalue weighted by atomic mass is 16.5. The molecule has 6 heteroatoms. The number of aliphatic hydroxyl groups excluding tert-OH is 3. The molecule has 94 valence electrons. The Labute approximate surface area is 98.5 Å². The van der Waals surface area contributed by atoms with Crippen LogP contribution in [0.5, 0.6) is 0 Å². The van der Waals surface area contributed by atoms with Crippen LogP contribution in [0, 0.1) is 0 Å². The molecule has 0 bridgehead atoms. The molecular formula is C11H15NO5. The number of nitrogens with zero attached hydrogens (tertiary/aromatic N) is 1. The Morgan fingerprint density at radius 3 is 2.82 bits per heavy atom. The van der Waals surface area contributed by atoms with Gasteiger partial charge in [0.15, 0.2) is 0 Å². The monoisotopic (exact) mass is 241 g/mol. The Morgan fingerprint density at radius 1 is 1.53 bits per heavy atom. The number of esters is 1. The number of hydrogen-bond acceptors (Lipinski definition) is 6. The lowest BCUT2D eigenvalue weighted by Crippen LogP contribution is -2.22. The van der Waals surface area contributed by atoms with Gasteiger partial charge in [-0.1, -0.05) is 0 Å². The third-order valence-electron chi connectivity index (χ3n) is 2.37. The maximum atomic E-state index is 11.4. The van der Waals surface area contributed by atoms with Gasteiger partial charge < -0.3 is 20.1 Å². The number of pyridine rings is 1. The van der Waals surface area contributed by atoms with Gasteiger partial charge in [-0.25, -0.2) is 4.79 Å². The summed E-state index contributed by atoms with van der Waals surface area (Å²) in [5.41, 5.74) is 0.326. The first-order valence-electron chi connectivity index (χ1n) is 5.11. The summed E-state index contributed by atoms with van der Waals surface area (Å²) < 4.78 is 4.56. The van der Waals surface area contributed by atoms with Crippen LogP contribution in [0.3, 0.4) is 0 Å². The molecule has 0 fully saturated rings. The van der Waals surface area contributed by atoms with Gasteiger partial charge in [0.1, 0.15) is 6.10 Å². The second kappa shape index (κ2) is 6.29. The quantitative estimate of drug-likeness (QED) is 0.609. The van der Waals surface area contributed by atoms with Crippen LogP contribution in [0.1, 0.15) is 28.4 Å². The Morgan fingerprint density at radius 2 is 2.24 bits per heavy atom. The minimum absolute atomic E-state index is 0.0106. The molecule has 17 heavy (non-hydrogen) atoms. The van der Waals surface area contributed by atoms with Gasteiger partial charge in [-0.05, 0) is 12.5 Å². The van der Waals surface area contributed by atoms with E-state index < -0.39 is 18.2 Å². The van der Waals surface area contributed by atoms with Crippen LogP contribution in [-0.2, 0) is 4.74 Å². The Bertz CT molecular complexity index is 382. The maximum Gasteiger partial charge on any atom is 0.338 e. The minimum Gasteiger partial charge on any atom is -0.465 e. The largest absolute Gasteiger partial charge is 0.465 e. The Balaban J connectivity index is 3.00. The zero-order valence-electron chi connectivity index (χ0n) is 9.41. The topological polar surface area (TPSA) is 99.9 Å². The summed E-state index contributed by atoms with van der Waals surface area (Å²) in [6.45, 7) is -0.258.